The molecule has 0 aliphatic rings. The Morgan fingerprint density at radius 3 is 2.31 bits per heavy atom. The summed E-state index contributed by atoms with van der Waals surface area (Å²) in [6.45, 7) is 9.85. The Kier molecular flexibility index (Phi) is 9.09. The zero-order chi connectivity index (χ0) is 20.9. The van der Waals surface area contributed by atoms with Crippen LogP contribution in [0.25, 0.3) is 0 Å². The van der Waals surface area contributed by atoms with Crippen LogP contribution in [0.4, 0.5) is 0 Å². The van der Waals surface area contributed by atoms with Crippen molar-refractivity contribution < 1.29 is 12.8 Å². The van der Waals surface area contributed by atoms with Gasteiger partial charge >= 0.3 is 0 Å². The predicted molar refractivity (Wildman–Crippen MR) is 125 cm³/mol. The molecule has 1 heterocycles. The molecule has 0 spiro atoms. The van der Waals surface area contributed by atoms with Crippen molar-refractivity contribution in [2.24, 2.45) is 4.99 Å². The molecule has 0 amide bonds. The minimum atomic E-state index is -3.64. The number of guanidine groups is 1. The van der Waals surface area contributed by atoms with Gasteiger partial charge in [-0.3, -0.25) is 4.99 Å². The molecule has 0 aliphatic carbocycles. The fourth-order valence-electron chi connectivity index (χ4n) is 2.54. The first kappa shape index (κ1) is 25.4. The Hall–Kier alpha value is -1.66. The van der Waals surface area contributed by atoms with Gasteiger partial charge in [0.15, 0.2) is 5.96 Å². The molecule has 0 aliphatic heterocycles. The standard InChI is InChI=1S/C19H29N5O3S.HI/c1-13-14(2)27-17(23-13)12-22-18(20-6)21-11-15-9-7-8-10-16(15)28(25,26)24-19(3,4)5;/h7-10,24H,11-12H2,1-6H3,(H2,20,21,22);1H. The van der Waals surface area contributed by atoms with Crippen LogP contribution in [-0.4, -0.2) is 31.9 Å². The number of nitrogens with zero attached hydrogens (tertiary/aromatic N) is 2. The normalized spacial score (nSPS) is 12.4. The van der Waals surface area contributed by atoms with Crippen LogP contribution in [0.15, 0.2) is 38.6 Å². The molecule has 1 aromatic heterocycles. The number of rotatable bonds is 6. The molecule has 1 aromatic carbocycles. The van der Waals surface area contributed by atoms with Crippen LogP contribution in [0.2, 0.25) is 0 Å². The van der Waals surface area contributed by atoms with Gasteiger partial charge in [0.25, 0.3) is 0 Å². The molecular formula is C19H30IN5O3S. The minimum absolute atomic E-state index is 0. The fraction of sp³-hybridized carbons (Fsp3) is 0.474. The summed E-state index contributed by atoms with van der Waals surface area (Å²) in [7, 11) is -1.99. The molecule has 0 radical (unpaired) electrons. The summed E-state index contributed by atoms with van der Waals surface area (Å²) in [6.07, 6.45) is 0. The van der Waals surface area contributed by atoms with Gasteiger partial charge in [-0.2, -0.15) is 0 Å². The van der Waals surface area contributed by atoms with Crippen LogP contribution in [0.3, 0.4) is 0 Å². The number of hydrogen-bond donors (Lipinski definition) is 3. The third-order valence-corrected chi connectivity index (χ3v) is 5.71. The number of oxazole rings is 1. The van der Waals surface area contributed by atoms with Crippen LogP contribution < -0.4 is 15.4 Å². The van der Waals surface area contributed by atoms with Gasteiger partial charge in [0.1, 0.15) is 5.76 Å². The highest BCUT2D eigenvalue weighted by Crippen LogP contribution is 2.17. The lowest BCUT2D eigenvalue weighted by atomic mass is 10.1. The lowest BCUT2D eigenvalue weighted by molar-refractivity contribution is 0.463. The average molecular weight is 535 g/mol. The number of aliphatic imine (C=N–C) groups is 1. The minimum Gasteiger partial charge on any atom is -0.444 e. The van der Waals surface area contributed by atoms with Crippen LogP contribution in [-0.2, 0) is 23.1 Å². The van der Waals surface area contributed by atoms with Gasteiger partial charge in [0.2, 0.25) is 15.9 Å². The van der Waals surface area contributed by atoms with Crippen LogP contribution >= 0.6 is 24.0 Å². The summed E-state index contributed by atoms with van der Waals surface area (Å²) in [5, 5.41) is 6.24. The summed E-state index contributed by atoms with van der Waals surface area (Å²) >= 11 is 0. The molecule has 3 N–H and O–H groups in total. The van der Waals surface area contributed by atoms with E-state index in [1.54, 1.807) is 25.2 Å². The van der Waals surface area contributed by atoms with E-state index in [4.69, 9.17) is 4.42 Å². The molecule has 29 heavy (non-hydrogen) atoms. The summed E-state index contributed by atoms with van der Waals surface area (Å²) < 4.78 is 33.7. The lowest BCUT2D eigenvalue weighted by Crippen LogP contribution is -2.41. The number of nitrogens with one attached hydrogen (secondary N) is 3. The predicted octanol–water partition coefficient (Wildman–Crippen LogP) is 2.85. The topological polar surface area (TPSA) is 109 Å². The highest BCUT2D eigenvalue weighted by atomic mass is 127. The van der Waals surface area contributed by atoms with E-state index >= 15 is 0 Å². The van der Waals surface area contributed by atoms with Gasteiger partial charge in [0.05, 0.1) is 17.1 Å². The largest absolute Gasteiger partial charge is 0.444 e. The van der Waals surface area contributed by atoms with Gasteiger partial charge in [0, 0.05) is 19.1 Å². The lowest BCUT2D eigenvalue weighted by Gasteiger charge is -2.22. The quantitative estimate of drug-likeness (QED) is 0.298. The molecule has 10 heteroatoms. The Morgan fingerprint density at radius 1 is 1.14 bits per heavy atom. The Balaban J connectivity index is 0.00000420. The van der Waals surface area contributed by atoms with Crippen molar-refractivity contribution in [2.75, 3.05) is 7.05 Å². The van der Waals surface area contributed by atoms with E-state index < -0.39 is 15.6 Å². The van der Waals surface area contributed by atoms with E-state index in [1.807, 2.05) is 40.7 Å². The second-order valence-electron chi connectivity index (χ2n) is 7.49. The number of aromatic nitrogens is 1. The zero-order valence-electron chi connectivity index (χ0n) is 17.7. The molecule has 0 saturated heterocycles. The molecule has 0 atom stereocenters. The van der Waals surface area contributed by atoms with Crippen LogP contribution in [0.5, 0.6) is 0 Å². The molecule has 0 saturated carbocycles. The van der Waals surface area contributed by atoms with Crippen molar-refractivity contribution in [3.8, 4) is 0 Å². The summed E-state index contributed by atoms with van der Waals surface area (Å²) in [4.78, 5) is 8.72. The molecule has 0 unspecified atom stereocenters. The van der Waals surface area contributed by atoms with Gasteiger partial charge < -0.3 is 15.1 Å². The monoisotopic (exact) mass is 535 g/mol. The maximum Gasteiger partial charge on any atom is 0.241 e. The van der Waals surface area contributed by atoms with E-state index in [1.165, 1.54) is 0 Å². The first-order valence-electron chi connectivity index (χ1n) is 9.01. The average Bonchev–Trinajstić information content (AvgIpc) is 2.91. The number of hydrogen-bond acceptors (Lipinski definition) is 5. The Morgan fingerprint density at radius 2 is 1.76 bits per heavy atom. The summed E-state index contributed by atoms with van der Waals surface area (Å²) in [5.41, 5.74) is 0.929. The maximum absolute atomic E-state index is 12.7. The third kappa shape index (κ3) is 7.59. The molecular weight excluding hydrogens is 505 g/mol. The van der Waals surface area contributed by atoms with Gasteiger partial charge in [-0.1, -0.05) is 18.2 Å². The maximum atomic E-state index is 12.7. The SMILES string of the molecule is CN=C(NCc1nc(C)c(C)o1)NCc1ccccc1S(=O)(=O)NC(C)(C)C.I. The van der Waals surface area contributed by atoms with Crippen molar-refractivity contribution >= 4 is 40.0 Å². The van der Waals surface area contributed by atoms with E-state index in [0.717, 1.165) is 11.5 Å². The van der Waals surface area contributed by atoms with E-state index in [0.29, 0.717) is 30.5 Å². The molecule has 8 nitrogen and oxygen atoms in total. The highest BCUT2D eigenvalue weighted by Gasteiger charge is 2.24. The second-order valence-corrected chi connectivity index (χ2v) is 9.14. The summed E-state index contributed by atoms with van der Waals surface area (Å²) in [6, 6.07) is 6.89. The van der Waals surface area contributed by atoms with Crippen molar-refractivity contribution in [3.05, 3.63) is 47.2 Å². The molecule has 2 aromatic rings. The zero-order valence-corrected chi connectivity index (χ0v) is 20.8. The van der Waals surface area contributed by atoms with Crippen LogP contribution in [0, 0.1) is 13.8 Å². The molecule has 162 valence electrons. The van der Waals surface area contributed by atoms with E-state index in [2.05, 4.69) is 25.3 Å². The third-order valence-electron chi connectivity index (χ3n) is 3.85. The first-order valence-corrected chi connectivity index (χ1v) is 10.5. The van der Waals surface area contributed by atoms with E-state index in [9.17, 15) is 8.42 Å². The van der Waals surface area contributed by atoms with Gasteiger partial charge in [-0.05, 0) is 46.2 Å². The Bertz CT molecular complexity index is 929. The van der Waals surface area contributed by atoms with Gasteiger partial charge in [-0.15, -0.1) is 24.0 Å². The van der Waals surface area contributed by atoms with Crippen molar-refractivity contribution in [2.45, 2.75) is 58.1 Å². The highest BCUT2D eigenvalue weighted by molar-refractivity contribution is 14.0. The van der Waals surface area contributed by atoms with Crippen molar-refractivity contribution in [1.82, 2.24) is 20.3 Å². The number of benzene rings is 1. The Labute approximate surface area is 190 Å². The smallest absolute Gasteiger partial charge is 0.241 e. The first-order chi connectivity index (χ1) is 13.0. The number of aryl methyl sites for hydroxylation is 2. The summed E-state index contributed by atoms with van der Waals surface area (Å²) in [5.74, 6) is 1.87. The van der Waals surface area contributed by atoms with Crippen molar-refractivity contribution in [3.63, 3.8) is 0 Å². The molecule has 0 bridgehead atoms. The van der Waals surface area contributed by atoms with Crippen LogP contribution in [0.1, 0.15) is 43.7 Å². The second kappa shape index (κ2) is 10.4. The van der Waals surface area contributed by atoms with Gasteiger partial charge in [-0.25, -0.2) is 18.1 Å². The molecule has 2 rings (SSSR count). The number of halogens is 1. The fourth-order valence-corrected chi connectivity index (χ4v) is 4.20. The van der Waals surface area contributed by atoms with Crippen molar-refractivity contribution in [1.29, 1.82) is 0 Å². The molecule has 0 fully saturated rings. The van der Waals surface area contributed by atoms with E-state index in [-0.39, 0.29) is 28.9 Å². The number of sulfonamides is 1.